The number of halogens is 3. The summed E-state index contributed by atoms with van der Waals surface area (Å²) in [4.78, 5) is 0. The van der Waals surface area contributed by atoms with E-state index in [1.807, 2.05) is 19.1 Å². The largest absolute Gasteiger partial charge is 0.207 e. The first-order valence-corrected chi connectivity index (χ1v) is 7.09. The van der Waals surface area contributed by atoms with E-state index in [4.69, 9.17) is 11.6 Å². The van der Waals surface area contributed by atoms with Crippen LogP contribution in [0.4, 0.5) is 8.78 Å². The van der Waals surface area contributed by atoms with E-state index in [2.05, 4.69) is 0 Å². The van der Waals surface area contributed by atoms with Crippen molar-refractivity contribution >= 4 is 22.4 Å². The first-order valence-electron chi connectivity index (χ1n) is 6.65. The molecule has 3 rings (SSSR count). The van der Waals surface area contributed by atoms with Crippen molar-refractivity contribution in [1.29, 1.82) is 0 Å². The van der Waals surface area contributed by atoms with E-state index in [9.17, 15) is 8.78 Å². The zero-order valence-corrected chi connectivity index (χ0v) is 12.2. The summed E-state index contributed by atoms with van der Waals surface area (Å²) >= 11 is 6.58. The van der Waals surface area contributed by atoms with Gasteiger partial charge in [0.15, 0.2) is 0 Å². The third-order valence-corrected chi connectivity index (χ3v) is 4.15. The number of alkyl halides is 1. The van der Waals surface area contributed by atoms with Gasteiger partial charge in [-0.25, -0.2) is 8.78 Å². The van der Waals surface area contributed by atoms with Crippen LogP contribution in [0.2, 0.25) is 0 Å². The quantitative estimate of drug-likeness (QED) is 0.528. The number of aryl methyl sites for hydroxylation is 1. The Hall–Kier alpha value is -1.93. The normalized spacial score (nSPS) is 12.6. The van der Waals surface area contributed by atoms with Gasteiger partial charge in [-0.05, 0) is 47.2 Å². The monoisotopic (exact) mass is 302 g/mol. The van der Waals surface area contributed by atoms with Crippen molar-refractivity contribution in [2.24, 2.45) is 0 Å². The summed E-state index contributed by atoms with van der Waals surface area (Å²) in [7, 11) is 0. The minimum absolute atomic E-state index is 0.269. The molecule has 106 valence electrons. The van der Waals surface area contributed by atoms with E-state index < -0.39 is 5.38 Å². The molecule has 21 heavy (non-hydrogen) atoms. The molecule has 0 fully saturated rings. The van der Waals surface area contributed by atoms with Crippen LogP contribution < -0.4 is 0 Å². The summed E-state index contributed by atoms with van der Waals surface area (Å²) in [6.07, 6.45) is 0. The molecule has 1 unspecified atom stereocenters. The van der Waals surface area contributed by atoms with Crippen LogP contribution in [0.1, 0.15) is 22.1 Å². The Bertz CT molecular complexity index is 811. The number of benzene rings is 3. The lowest BCUT2D eigenvalue weighted by Gasteiger charge is -2.16. The minimum Gasteiger partial charge on any atom is -0.207 e. The molecule has 0 nitrogen and oxygen atoms in total. The van der Waals surface area contributed by atoms with Crippen LogP contribution in [0.5, 0.6) is 0 Å². The van der Waals surface area contributed by atoms with Gasteiger partial charge in [0.25, 0.3) is 0 Å². The number of rotatable bonds is 2. The van der Waals surface area contributed by atoms with Gasteiger partial charge in [0.2, 0.25) is 0 Å². The Balaban J connectivity index is 2.18. The average Bonchev–Trinajstić information content (AvgIpc) is 2.47. The van der Waals surface area contributed by atoms with Crippen LogP contribution >= 0.6 is 11.6 Å². The average molecular weight is 303 g/mol. The lowest BCUT2D eigenvalue weighted by Crippen LogP contribution is -1.99. The van der Waals surface area contributed by atoms with Crippen LogP contribution in [0.25, 0.3) is 10.8 Å². The second-order valence-electron chi connectivity index (χ2n) is 5.05. The highest BCUT2D eigenvalue weighted by molar-refractivity contribution is 6.23. The molecule has 0 N–H and O–H groups in total. The highest BCUT2D eigenvalue weighted by Crippen LogP contribution is 2.36. The second-order valence-corrected chi connectivity index (χ2v) is 5.48. The zero-order valence-electron chi connectivity index (χ0n) is 11.4. The Morgan fingerprint density at radius 1 is 0.857 bits per heavy atom. The van der Waals surface area contributed by atoms with Crippen molar-refractivity contribution in [2.45, 2.75) is 12.3 Å². The summed E-state index contributed by atoms with van der Waals surface area (Å²) in [6.45, 7) is 1.82. The fraction of sp³-hybridized carbons (Fsp3) is 0.111. The molecule has 0 bridgehead atoms. The molecular weight excluding hydrogens is 290 g/mol. The SMILES string of the molecule is Cc1cc(F)ccc1C(Cl)c1ccc(F)c2ccccc12. The maximum Gasteiger partial charge on any atom is 0.131 e. The topological polar surface area (TPSA) is 0 Å². The zero-order chi connectivity index (χ0) is 15.0. The van der Waals surface area contributed by atoms with Crippen LogP contribution in [0.15, 0.2) is 54.6 Å². The van der Waals surface area contributed by atoms with Gasteiger partial charge in [-0.2, -0.15) is 0 Å². The van der Waals surface area contributed by atoms with Crippen LogP contribution in [-0.2, 0) is 0 Å². The van der Waals surface area contributed by atoms with E-state index in [0.29, 0.717) is 5.39 Å². The van der Waals surface area contributed by atoms with E-state index in [1.54, 1.807) is 24.3 Å². The van der Waals surface area contributed by atoms with Gasteiger partial charge in [0, 0.05) is 5.39 Å². The van der Waals surface area contributed by atoms with Crippen molar-refractivity contribution in [3.05, 3.63) is 82.9 Å². The maximum atomic E-state index is 13.9. The van der Waals surface area contributed by atoms with Gasteiger partial charge < -0.3 is 0 Å². The first kappa shape index (κ1) is 14.0. The minimum atomic E-state index is -0.448. The van der Waals surface area contributed by atoms with Gasteiger partial charge in [0.1, 0.15) is 11.6 Å². The van der Waals surface area contributed by atoms with Gasteiger partial charge in [-0.1, -0.05) is 36.4 Å². The molecule has 3 heteroatoms. The molecule has 0 amide bonds. The first-order chi connectivity index (χ1) is 10.1. The number of fused-ring (bicyclic) bond motifs is 1. The third kappa shape index (κ3) is 2.52. The van der Waals surface area contributed by atoms with Crippen LogP contribution in [-0.4, -0.2) is 0 Å². The Morgan fingerprint density at radius 3 is 2.24 bits per heavy atom. The Labute approximate surface area is 127 Å². The van der Waals surface area contributed by atoms with E-state index >= 15 is 0 Å². The van der Waals surface area contributed by atoms with Crippen LogP contribution in [0.3, 0.4) is 0 Å². The highest BCUT2D eigenvalue weighted by atomic mass is 35.5. The van der Waals surface area contributed by atoms with E-state index in [0.717, 1.165) is 22.1 Å². The van der Waals surface area contributed by atoms with E-state index in [1.165, 1.54) is 18.2 Å². The molecule has 0 radical (unpaired) electrons. The predicted octanol–water partition coefficient (Wildman–Crippen LogP) is 5.75. The highest BCUT2D eigenvalue weighted by Gasteiger charge is 2.17. The summed E-state index contributed by atoms with van der Waals surface area (Å²) in [5, 5.41) is 0.873. The molecule has 0 heterocycles. The van der Waals surface area contributed by atoms with Crippen molar-refractivity contribution < 1.29 is 8.78 Å². The molecule has 1 atom stereocenters. The molecule has 0 saturated heterocycles. The Kier molecular flexibility index (Phi) is 3.64. The van der Waals surface area contributed by atoms with Gasteiger partial charge in [-0.3, -0.25) is 0 Å². The fourth-order valence-electron chi connectivity index (χ4n) is 2.60. The molecule has 0 spiro atoms. The van der Waals surface area contributed by atoms with Crippen molar-refractivity contribution in [3.63, 3.8) is 0 Å². The van der Waals surface area contributed by atoms with Crippen molar-refractivity contribution in [2.75, 3.05) is 0 Å². The summed E-state index contributed by atoms with van der Waals surface area (Å²) in [6, 6.07) is 14.9. The summed E-state index contributed by atoms with van der Waals surface area (Å²) in [5.74, 6) is -0.557. The molecule has 0 aliphatic rings. The molecule has 0 aliphatic carbocycles. The number of hydrogen-bond donors (Lipinski definition) is 0. The Morgan fingerprint density at radius 2 is 1.52 bits per heavy atom. The van der Waals surface area contributed by atoms with Gasteiger partial charge >= 0.3 is 0 Å². The van der Waals surface area contributed by atoms with E-state index in [-0.39, 0.29) is 11.6 Å². The summed E-state index contributed by atoms with van der Waals surface area (Å²) < 4.78 is 27.1. The second kappa shape index (κ2) is 5.45. The van der Waals surface area contributed by atoms with Gasteiger partial charge in [-0.15, -0.1) is 11.6 Å². The molecule has 0 aromatic heterocycles. The van der Waals surface area contributed by atoms with Crippen molar-refractivity contribution in [1.82, 2.24) is 0 Å². The lowest BCUT2D eigenvalue weighted by atomic mass is 9.95. The molecule has 3 aromatic carbocycles. The lowest BCUT2D eigenvalue weighted by molar-refractivity contribution is 0.625. The van der Waals surface area contributed by atoms with Crippen LogP contribution in [0, 0.1) is 18.6 Å². The smallest absolute Gasteiger partial charge is 0.131 e. The predicted molar refractivity (Wildman–Crippen MR) is 82.7 cm³/mol. The molecule has 0 saturated carbocycles. The number of hydrogen-bond acceptors (Lipinski definition) is 0. The molecular formula is C18H13ClF2. The fourth-order valence-corrected chi connectivity index (χ4v) is 3.03. The van der Waals surface area contributed by atoms with Gasteiger partial charge in [0.05, 0.1) is 5.38 Å². The molecule has 0 aliphatic heterocycles. The maximum absolute atomic E-state index is 13.9. The third-order valence-electron chi connectivity index (χ3n) is 3.68. The van der Waals surface area contributed by atoms with Crippen molar-refractivity contribution in [3.8, 4) is 0 Å². The molecule has 3 aromatic rings. The standard InChI is InChI=1S/C18H13ClF2/c1-11-10-12(20)6-7-13(11)18(19)16-8-9-17(21)15-5-3-2-4-14(15)16/h2-10,18H,1H3. The summed E-state index contributed by atoms with van der Waals surface area (Å²) in [5.41, 5.74) is 2.43.